The van der Waals surface area contributed by atoms with Gasteiger partial charge in [-0.05, 0) is 35.4 Å². The summed E-state index contributed by atoms with van der Waals surface area (Å²) in [5.41, 5.74) is 3.34. The van der Waals surface area contributed by atoms with Crippen LogP contribution in [-0.4, -0.2) is 47.0 Å². The fourth-order valence-electron chi connectivity index (χ4n) is 2.92. The fraction of sp³-hybridized carbons (Fsp3) is 0.222. The number of ether oxygens (including phenoxy) is 1. The molecule has 1 aromatic heterocycles. The first kappa shape index (κ1) is 15.6. The average Bonchev–Trinajstić information content (AvgIpc) is 3.12. The number of morpholine rings is 1. The fourth-order valence-corrected chi connectivity index (χ4v) is 2.92. The number of amides is 1. The number of hydrogen-bond acceptors (Lipinski definition) is 5. The van der Waals surface area contributed by atoms with E-state index in [4.69, 9.17) is 4.74 Å². The van der Waals surface area contributed by atoms with E-state index < -0.39 is 6.10 Å². The molecule has 0 bridgehead atoms. The van der Waals surface area contributed by atoms with Gasteiger partial charge >= 0.3 is 0 Å². The normalized spacial score (nSPS) is 17.5. The molecule has 2 heterocycles. The molecule has 128 valence electrons. The molecule has 0 saturated carbocycles. The van der Waals surface area contributed by atoms with Crippen LogP contribution < -0.4 is 10.6 Å². The monoisotopic (exact) mass is 338 g/mol. The summed E-state index contributed by atoms with van der Waals surface area (Å²) in [4.78, 5) is 12.5. The van der Waals surface area contributed by atoms with Gasteiger partial charge in [-0.1, -0.05) is 12.1 Å². The van der Waals surface area contributed by atoms with Crippen LogP contribution in [0.5, 0.6) is 5.75 Å². The van der Waals surface area contributed by atoms with Gasteiger partial charge in [-0.2, -0.15) is 5.10 Å². The van der Waals surface area contributed by atoms with Crippen LogP contribution in [-0.2, 0) is 9.53 Å². The van der Waals surface area contributed by atoms with Gasteiger partial charge in [-0.25, -0.2) is 0 Å². The molecule has 7 nitrogen and oxygen atoms in total. The molecular weight excluding hydrogens is 320 g/mol. The Labute approximate surface area is 144 Å². The molecule has 2 aromatic carbocycles. The van der Waals surface area contributed by atoms with Crippen LogP contribution >= 0.6 is 0 Å². The van der Waals surface area contributed by atoms with Crippen molar-refractivity contribution in [3.05, 3.63) is 42.6 Å². The van der Waals surface area contributed by atoms with E-state index >= 15 is 0 Å². The maximum Gasteiger partial charge on any atom is 0.254 e. The Hall–Kier alpha value is -2.90. The summed E-state index contributed by atoms with van der Waals surface area (Å²) < 4.78 is 5.51. The first-order chi connectivity index (χ1) is 12.2. The summed E-state index contributed by atoms with van der Waals surface area (Å²) in [5.74, 6) is 0.0272. The zero-order valence-corrected chi connectivity index (χ0v) is 13.5. The lowest BCUT2D eigenvalue weighted by Crippen LogP contribution is -2.45. The zero-order chi connectivity index (χ0) is 17.2. The first-order valence-electron chi connectivity index (χ1n) is 8.10. The maximum atomic E-state index is 12.5. The Balaban J connectivity index is 1.68. The van der Waals surface area contributed by atoms with Crippen molar-refractivity contribution in [2.24, 2.45) is 0 Å². The minimum atomic E-state index is -0.506. The summed E-state index contributed by atoms with van der Waals surface area (Å²) in [5, 5.41) is 23.4. The number of hydrogen-bond donors (Lipinski definition) is 4. The van der Waals surface area contributed by atoms with Gasteiger partial charge in [0.2, 0.25) is 0 Å². The van der Waals surface area contributed by atoms with Gasteiger partial charge in [0, 0.05) is 18.5 Å². The second-order valence-corrected chi connectivity index (χ2v) is 5.95. The molecule has 7 heteroatoms. The largest absolute Gasteiger partial charge is 0.508 e. The molecule has 1 aliphatic heterocycles. The van der Waals surface area contributed by atoms with E-state index in [0.29, 0.717) is 18.8 Å². The van der Waals surface area contributed by atoms with Crippen LogP contribution in [0.4, 0.5) is 5.69 Å². The number of carbonyl (C=O) groups is 1. The highest BCUT2D eigenvalue weighted by Crippen LogP contribution is 2.31. The number of fused-ring (bicyclic) bond motifs is 1. The number of carbonyl (C=O) groups excluding carboxylic acids is 1. The van der Waals surface area contributed by atoms with Crippen molar-refractivity contribution in [1.29, 1.82) is 0 Å². The zero-order valence-electron chi connectivity index (χ0n) is 13.5. The van der Waals surface area contributed by atoms with Gasteiger partial charge in [0.25, 0.3) is 5.91 Å². The van der Waals surface area contributed by atoms with E-state index in [1.54, 1.807) is 18.3 Å². The van der Waals surface area contributed by atoms with E-state index in [-0.39, 0.29) is 11.7 Å². The van der Waals surface area contributed by atoms with Gasteiger partial charge in [0.05, 0.1) is 24.0 Å². The minimum Gasteiger partial charge on any atom is -0.508 e. The molecule has 0 radical (unpaired) electrons. The molecule has 1 amide bonds. The highest BCUT2D eigenvalue weighted by molar-refractivity contribution is 6.04. The molecule has 25 heavy (non-hydrogen) atoms. The van der Waals surface area contributed by atoms with Crippen molar-refractivity contribution in [3.63, 3.8) is 0 Å². The molecule has 1 aliphatic rings. The smallest absolute Gasteiger partial charge is 0.254 e. The lowest BCUT2D eigenvalue weighted by Gasteiger charge is -2.23. The van der Waals surface area contributed by atoms with Crippen molar-refractivity contribution >= 4 is 22.5 Å². The van der Waals surface area contributed by atoms with Gasteiger partial charge in [0.1, 0.15) is 11.9 Å². The molecule has 0 aliphatic carbocycles. The topological polar surface area (TPSA) is 99.3 Å². The average molecular weight is 338 g/mol. The molecular formula is C18H18N4O3. The minimum absolute atomic E-state index is 0.183. The van der Waals surface area contributed by atoms with Crippen molar-refractivity contribution in [2.75, 3.05) is 25.0 Å². The van der Waals surface area contributed by atoms with Crippen LogP contribution in [0.3, 0.4) is 0 Å². The predicted molar refractivity (Wildman–Crippen MR) is 94.4 cm³/mol. The van der Waals surface area contributed by atoms with Crippen molar-refractivity contribution in [1.82, 2.24) is 15.5 Å². The van der Waals surface area contributed by atoms with E-state index in [1.807, 2.05) is 24.3 Å². The second kappa shape index (κ2) is 6.54. The van der Waals surface area contributed by atoms with Crippen LogP contribution in [0, 0.1) is 0 Å². The number of nitrogens with zero attached hydrogens (tertiary/aromatic N) is 1. The Morgan fingerprint density at radius 2 is 2.08 bits per heavy atom. The van der Waals surface area contributed by atoms with E-state index in [2.05, 4.69) is 20.8 Å². The highest BCUT2D eigenvalue weighted by atomic mass is 16.5. The summed E-state index contributed by atoms with van der Waals surface area (Å²) in [7, 11) is 0. The molecule has 1 saturated heterocycles. The van der Waals surface area contributed by atoms with E-state index in [0.717, 1.165) is 28.6 Å². The van der Waals surface area contributed by atoms with Crippen LogP contribution in [0.2, 0.25) is 0 Å². The number of aromatic amines is 1. The second-order valence-electron chi connectivity index (χ2n) is 5.95. The summed E-state index contributed by atoms with van der Waals surface area (Å²) >= 11 is 0. The number of aromatic nitrogens is 2. The number of anilines is 1. The number of nitrogens with one attached hydrogen (secondary N) is 3. The maximum absolute atomic E-state index is 12.5. The number of H-pyrrole nitrogens is 1. The lowest BCUT2D eigenvalue weighted by molar-refractivity contribution is -0.128. The summed E-state index contributed by atoms with van der Waals surface area (Å²) in [6.07, 6.45) is 1.18. The number of phenols is 1. The number of aromatic hydroxyl groups is 1. The molecule has 1 atom stereocenters. The number of phenolic OH excluding ortho intramolecular Hbond substituents is 1. The van der Waals surface area contributed by atoms with Crippen molar-refractivity contribution in [2.45, 2.75) is 6.10 Å². The van der Waals surface area contributed by atoms with Crippen molar-refractivity contribution < 1.29 is 14.6 Å². The molecule has 1 fully saturated rings. The Kier molecular flexibility index (Phi) is 4.09. The van der Waals surface area contributed by atoms with Gasteiger partial charge < -0.3 is 20.5 Å². The molecule has 4 rings (SSSR count). The summed E-state index contributed by atoms with van der Waals surface area (Å²) in [6, 6.07) is 10.8. The van der Waals surface area contributed by atoms with E-state index in [1.165, 1.54) is 0 Å². The number of benzene rings is 2. The molecule has 4 N–H and O–H groups in total. The van der Waals surface area contributed by atoms with E-state index in [9.17, 15) is 9.90 Å². The van der Waals surface area contributed by atoms with Crippen LogP contribution in [0.15, 0.2) is 42.6 Å². The third-order valence-corrected chi connectivity index (χ3v) is 4.24. The van der Waals surface area contributed by atoms with Gasteiger partial charge in [-0.3, -0.25) is 9.89 Å². The standard InChI is InChI=1S/C18H18N4O3/c23-13-3-1-11(2-4-13)12-7-15(14-9-20-22-16(14)8-12)21-18(24)17-10-19-5-6-25-17/h1-4,7-9,17,19,23H,5-6,10H2,(H,20,22)(H,21,24)/t17-/m1/s1. The quantitative estimate of drug-likeness (QED) is 0.584. The number of rotatable bonds is 3. The third kappa shape index (κ3) is 3.19. The predicted octanol–water partition coefficient (Wildman–Crippen LogP) is 1.86. The Morgan fingerprint density at radius 1 is 1.24 bits per heavy atom. The van der Waals surface area contributed by atoms with Crippen molar-refractivity contribution in [3.8, 4) is 16.9 Å². The molecule has 3 aromatic rings. The molecule has 0 spiro atoms. The lowest BCUT2D eigenvalue weighted by atomic mass is 10.0. The SMILES string of the molecule is O=C(Nc1cc(-c2ccc(O)cc2)cc2[nH]ncc12)[C@H]1CNCCO1. The first-order valence-corrected chi connectivity index (χ1v) is 8.10. The van der Waals surface area contributed by atoms with Crippen LogP contribution in [0.25, 0.3) is 22.0 Å². The third-order valence-electron chi connectivity index (χ3n) is 4.24. The molecule has 0 unspecified atom stereocenters. The highest BCUT2D eigenvalue weighted by Gasteiger charge is 2.22. The van der Waals surface area contributed by atoms with Gasteiger partial charge in [0.15, 0.2) is 0 Å². The Morgan fingerprint density at radius 3 is 2.84 bits per heavy atom. The Bertz CT molecular complexity index is 898. The summed E-state index contributed by atoms with van der Waals surface area (Å²) in [6.45, 7) is 1.77. The van der Waals surface area contributed by atoms with Gasteiger partial charge in [-0.15, -0.1) is 0 Å². The van der Waals surface area contributed by atoms with Crippen LogP contribution in [0.1, 0.15) is 0 Å².